The summed E-state index contributed by atoms with van der Waals surface area (Å²) in [4.78, 5) is 13.7. The van der Waals surface area contributed by atoms with E-state index in [0.717, 1.165) is 0 Å². The summed E-state index contributed by atoms with van der Waals surface area (Å²) in [5.41, 5.74) is -0.530. The van der Waals surface area contributed by atoms with Gasteiger partial charge in [0.25, 0.3) is 0 Å². The molecule has 0 radical (unpaired) electrons. The first-order chi connectivity index (χ1) is 8.57. The van der Waals surface area contributed by atoms with Crippen molar-refractivity contribution in [2.75, 3.05) is 18.8 Å². The highest BCUT2D eigenvalue weighted by molar-refractivity contribution is 7.93. The lowest BCUT2D eigenvalue weighted by Crippen LogP contribution is -2.57. The van der Waals surface area contributed by atoms with Crippen molar-refractivity contribution < 1.29 is 13.7 Å². The number of ether oxygens (including phenoxy) is 1. The minimum atomic E-state index is -2.64. The average Bonchev–Trinajstić information content (AvgIpc) is 2.26. The van der Waals surface area contributed by atoms with E-state index in [-0.39, 0.29) is 11.8 Å². The predicted octanol–water partition coefficient (Wildman–Crippen LogP) is 2.84. The third-order valence-corrected chi connectivity index (χ3v) is 6.63. The summed E-state index contributed by atoms with van der Waals surface area (Å²) in [5.74, 6) is 0.244. The largest absolute Gasteiger partial charge is 0.444 e. The number of carbonyl (C=O) groups excluding carboxylic acids is 1. The molecule has 0 aromatic carbocycles. The predicted molar refractivity (Wildman–Crippen MR) is 76.8 cm³/mol. The molecule has 1 N–H and O–H groups in total. The zero-order valence-electron chi connectivity index (χ0n) is 12.6. The van der Waals surface area contributed by atoms with Gasteiger partial charge in [0.1, 0.15) is 5.60 Å². The molecule has 1 saturated heterocycles. The second-order valence-electron chi connectivity index (χ2n) is 6.17. The van der Waals surface area contributed by atoms with Crippen LogP contribution in [0.1, 0.15) is 47.5 Å². The van der Waals surface area contributed by atoms with Gasteiger partial charge in [-0.3, -0.25) is 4.78 Å². The van der Waals surface area contributed by atoms with Crippen molar-refractivity contribution in [2.45, 2.75) is 57.8 Å². The van der Waals surface area contributed by atoms with Crippen LogP contribution in [0.15, 0.2) is 0 Å². The molecule has 1 rings (SSSR count). The topological polar surface area (TPSA) is 70.5 Å². The Labute approximate surface area is 116 Å². The smallest absolute Gasteiger partial charge is 0.410 e. The number of hydrogen-bond donors (Lipinski definition) is 1. The minimum Gasteiger partial charge on any atom is -0.444 e. The van der Waals surface area contributed by atoms with Gasteiger partial charge in [0.2, 0.25) is 0 Å². The summed E-state index contributed by atoms with van der Waals surface area (Å²) in [6.07, 6.45) is 0.921. The summed E-state index contributed by atoms with van der Waals surface area (Å²) in [7, 11) is -2.64. The molecule has 1 heterocycles. The van der Waals surface area contributed by atoms with Gasteiger partial charge in [0.05, 0.1) is 14.5 Å². The summed E-state index contributed by atoms with van der Waals surface area (Å²) < 4.78 is 25.3. The molecule has 1 atom stereocenters. The molecule has 1 aliphatic heterocycles. The zero-order chi connectivity index (χ0) is 14.9. The van der Waals surface area contributed by atoms with Crippen LogP contribution in [-0.2, 0) is 14.5 Å². The second-order valence-corrected chi connectivity index (χ2v) is 8.80. The molecule has 5 nitrogen and oxygen atoms in total. The van der Waals surface area contributed by atoms with Crippen molar-refractivity contribution in [2.24, 2.45) is 0 Å². The molecular formula is C13H26N2O3S. The summed E-state index contributed by atoms with van der Waals surface area (Å²) in [6, 6.07) is 0. The number of carbonyl (C=O) groups is 1. The van der Waals surface area contributed by atoms with Gasteiger partial charge in [-0.25, -0.2) is 9.00 Å². The van der Waals surface area contributed by atoms with Crippen molar-refractivity contribution in [3.63, 3.8) is 0 Å². The van der Waals surface area contributed by atoms with E-state index < -0.39 is 20.1 Å². The van der Waals surface area contributed by atoms with Crippen LogP contribution in [0.5, 0.6) is 0 Å². The molecule has 0 spiro atoms. The van der Waals surface area contributed by atoms with Crippen molar-refractivity contribution in [3.05, 3.63) is 0 Å². The second kappa shape index (κ2) is 5.31. The number of amides is 1. The van der Waals surface area contributed by atoms with Gasteiger partial charge in [0, 0.05) is 18.8 Å². The fraction of sp³-hybridized carbons (Fsp3) is 0.923. The Morgan fingerprint density at radius 2 is 1.89 bits per heavy atom. The Balaban J connectivity index is 2.91. The summed E-state index contributed by atoms with van der Waals surface area (Å²) in [6.45, 7) is 10.1. The third kappa shape index (κ3) is 3.41. The van der Waals surface area contributed by atoms with E-state index in [0.29, 0.717) is 25.9 Å². The normalized spacial score (nSPS) is 27.1. The first kappa shape index (κ1) is 16.3. The maximum Gasteiger partial charge on any atom is 0.410 e. The van der Waals surface area contributed by atoms with Crippen molar-refractivity contribution in [1.82, 2.24) is 4.90 Å². The number of nitrogens with one attached hydrogen (secondary N) is 1. The van der Waals surface area contributed by atoms with Crippen LogP contribution in [0.2, 0.25) is 0 Å². The highest BCUT2D eigenvalue weighted by atomic mass is 32.2. The SMILES string of the molecule is CCC1(CC)CN(C(=O)OC(C)(C)C)CCS1(=N)=O. The molecule has 0 aliphatic carbocycles. The standard InChI is InChI=1S/C13H26N2O3S/c1-6-13(7-2)10-15(8-9-19(13,14)17)11(16)18-12(3,4)5/h14H,6-10H2,1-5H3. The molecule has 0 aromatic rings. The van der Waals surface area contributed by atoms with Crippen LogP contribution in [0, 0.1) is 4.78 Å². The summed E-state index contributed by atoms with van der Waals surface area (Å²) in [5, 5.41) is 0. The molecule has 1 amide bonds. The molecule has 0 aromatic heterocycles. The van der Waals surface area contributed by atoms with Gasteiger partial charge in [-0.1, -0.05) is 13.8 Å². The van der Waals surface area contributed by atoms with E-state index >= 15 is 0 Å². The van der Waals surface area contributed by atoms with E-state index in [1.165, 1.54) is 0 Å². The van der Waals surface area contributed by atoms with E-state index in [1.807, 2.05) is 34.6 Å². The highest BCUT2D eigenvalue weighted by Crippen LogP contribution is 2.32. The van der Waals surface area contributed by atoms with Crippen molar-refractivity contribution in [3.8, 4) is 0 Å². The van der Waals surface area contributed by atoms with E-state index in [4.69, 9.17) is 9.52 Å². The molecule has 1 aliphatic rings. The Morgan fingerprint density at radius 1 is 1.37 bits per heavy atom. The van der Waals surface area contributed by atoms with Crippen molar-refractivity contribution in [1.29, 1.82) is 4.78 Å². The molecule has 112 valence electrons. The Morgan fingerprint density at radius 3 is 2.32 bits per heavy atom. The Bertz CT molecular complexity index is 433. The van der Waals surface area contributed by atoms with Crippen LogP contribution < -0.4 is 0 Å². The minimum absolute atomic E-state index is 0.244. The van der Waals surface area contributed by atoms with Crippen LogP contribution in [0.3, 0.4) is 0 Å². The lowest BCUT2D eigenvalue weighted by molar-refractivity contribution is 0.0229. The Hall–Kier alpha value is -0.780. The Kier molecular flexibility index (Phi) is 4.55. The first-order valence-corrected chi connectivity index (χ1v) is 8.53. The lowest BCUT2D eigenvalue weighted by atomic mass is 10.0. The van der Waals surface area contributed by atoms with Crippen LogP contribution in [0.4, 0.5) is 4.79 Å². The number of hydrogen-bond acceptors (Lipinski definition) is 4. The fourth-order valence-electron chi connectivity index (χ4n) is 2.41. The first-order valence-electron chi connectivity index (χ1n) is 6.81. The molecule has 19 heavy (non-hydrogen) atoms. The highest BCUT2D eigenvalue weighted by Gasteiger charge is 2.44. The van der Waals surface area contributed by atoms with Gasteiger partial charge >= 0.3 is 6.09 Å². The molecular weight excluding hydrogens is 264 g/mol. The third-order valence-electron chi connectivity index (χ3n) is 3.77. The fourth-order valence-corrected chi connectivity index (χ4v) is 4.62. The number of nitrogens with zero attached hydrogens (tertiary/aromatic N) is 1. The molecule has 0 bridgehead atoms. The van der Waals surface area contributed by atoms with Crippen LogP contribution >= 0.6 is 0 Å². The van der Waals surface area contributed by atoms with Crippen LogP contribution in [0.25, 0.3) is 0 Å². The maximum absolute atomic E-state index is 12.5. The van der Waals surface area contributed by atoms with Gasteiger partial charge in [-0.05, 0) is 33.6 Å². The van der Waals surface area contributed by atoms with E-state index in [2.05, 4.69) is 0 Å². The van der Waals surface area contributed by atoms with Gasteiger partial charge in [-0.15, -0.1) is 0 Å². The quantitative estimate of drug-likeness (QED) is 0.850. The van der Waals surface area contributed by atoms with Gasteiger partial charge in [-0.2, -0.15) is 0 Å². The van der Waals surface area contributed by atoms with Gasteiger partial charge < -0.3 is 9.64 Å². The monoisotopic (exact) mass is 290 g/mol. The average molecular weight is 290 g/mol. The lowest BCUT2D eigenvalue weighted by Gasteiger charge is -2.43. The van der Waals surface area contributed by atoms with E-state index in [1.54, 1.807) is 4.90 Å². The molecule has 0 saturated carbocycles. The maximum atomic E-state index is 12.5. The molecule has 1 unspecified atom stereocenters. The van der Waals surface area contributed by atoms with E-state index in [9.17, 15) is 9.00 Å². The van der Waals surface area contributed by atoms with Crippen molar-refractivity contribution >= 4 is 15.8 Å². The van der Waals surface area contributed by atoms with Gasteiger partial charge in [0.15, 0.2) is 0 Å². The zero-order valence-corrected chi connectivity index (χ0v) is 13.4. The molecule has 6 heteroatoms. The summed E-state index contributed by atoms with van der Waals surface area (Å²) >= 11 is 0. The number of rotatable bonds is 2. The van der Waals surface area contributed by atoms with Crippen LogP contribution in [-0.4, -0.2) is 44.4 Å². The molecule has 1 fully saturated rings.